The van der Waals surface area contributed by atoms with Crippen molar-refractivity contribution in [2.24, 2.45) is 5.73 Å². The number of unbranched alkanes of at least 4 members (excludes halogenated alkanes) is 1. The van der Waals surface area contributed by atoms with Crippen molar-refractivity contribution in [2.75, 3.05) is 13.1 Å². The number of rotatable bonds is 9. The molecule has 0 amide bonds. The molecule has 2 atom stereocenters. The molecule has 21 heavy (non-hydrogen) atoms. The fraction of sp³-hybridized carbons (Fsp3) is 0.667. The van der Waals surface area contributed by atoms with Gasteiger partial charge in [-0.1, -0.05) is 58.7 Å². The van der Waals surface area contributed by atoms with Crippen molar-refractivity contribution in [3.05, 3.63) is 35.6 Å². The van der Waals surface area contributed by atoms with Gasteiger partial charge in [0.2, 0.25) is 0 Å². The fourth-order valence-electron chi connectivity index (χ4n) is 3.40. The topological polar surface area (TPSA) is 29.3 Å². The van der Waals surface area contributed by atoms with E-state index in [2.05, 4.69) is 32.6 Å². The average Bonchev–Trinajstić information content (AvgIpc) is 2.50. The lowest BCUT2D eigenvalue weighted by molar-refractivity contribution is 0.113. The van der Waals surface area contributed by atoms with Crippen LogP contribution in [0.1, 0.15) is 58.9 Å². The molecule has 2 nitrogen and oxygen atoms in total. The summed E-state index contributed by atoms with van der Waals surface area (Å²) in [6.07, 6.45) is 3.83. The number of hydrogen-bond acceptors (Lipinski definition) is 2. The number of nitrogens with zero attached hydrogens (tertiary/aromatic N) is 1. The van der Waals surface area contributed by atoms with Crippen molar-refractivity contribution in [3.8, 4) is 0 Å². The summed E-state index contributed by atoms with van der Waals surface area (Å²) in [5.41, 5.74) is 6.87. The Morgan fingerprint density at radius 3 is 2.24 bits per heavy atom. The van der Waals surface area contributed by atoms with E-state index in [0.29, 0.717) is 5.56 Å². The first-order valence-corrected chi connectivity index (χ1v) is 8.32. The fourth-order valence-corrected chi connectivity index (χ4v) is 3.40. The van der Waals surface area contributed by atoms with Gasteiger partial charge in [0, 0.05) is 11.6 Å². The van der Waals surface area contributed by atoms with E-state index in [1.54, 1.807) is 6.07 Å². The molecule has 1 aromatic carbocycles. The zero-order chi connectivity index (χ0) is 15.9. The molecule has 0 aromatic heterocycles. The smallest absolute Gasteiger partial charge is 0.128 e. The Labute approximate surface area is 129 Å². The van der Waals surface area contributed by atoms with Gasteiger partial charge in [0.25, 0.3) is 0 Å². The Hall–Kier alpha value is -0.930. The Bertz CT molecular complexity index is 417. The Morgan fingerprint density at radius 2 is 1.76 bits per heavy atom. The van der Waals surface area contributed by atoms with Crippen LogP contribution in [0.3, 0.4) is 0 Å². The second kappa shape index (κ2) is 8.50. The second-order valence-corrected chi connectivity index (χ2v) is 5.77. The Morgan fingerprint density at radius 1 is 1.14 bits per heavy atom. The molecule has 0 bridgehead atoms. The third-order valence-corrected chi connectivity index (χ3v) is 4.55. The first kappa shape index (κ1) is 18.1. The van der Waals surface area contributed by atoms with Crippen LogP contribution >= 0.6 is 0 Å². The van der Waals surface area contributed by atoms with Crippen LogP contribution in [0.5, 0.6) is 0 Å². The zero-order valence-corrected chi connectivity index (χ0v) is 14.0. The van der Waals surface area contributed by atoms with E-state index in [-0.39, 0.29) is 11.9 Å². The molecule has 0 heterocycles. The van der Waals surface area contributed by atoms with Crippen molar-refractivity contribution in [1.29, 1.82) is 0 Å². The van der Waals surface area contributed by atoms with E-state index in [1.807, 2.05) is 12.1 Å². The molecule has 0 aliphatic heterocycles. The summed E-state index contributed by atoms with van der Waals surface area (Å²) in [5.74, 6) is -0.179. The van der Waals surface area contributed by atoms with Gasteiger partial charge < -0.3 is 5.73 Å². The monoisotopic (exact) mass is 294 g/mol. The second-order valence-electron chi connectivity index (χ2n) is 5.77. The molecule has 0 fully saturated rings. The van der Waals surface area contributed by atoms with E-state index < -0.39 is 5.54 Å². The number of likely N-dealkylation sites (N-methyl/N-ethyl adjacent to an activating group) is 1. The van der Waals surface area contributed by atoms with Crippen molar-refractivity contribution in [3.63, 3.8) is 0 Å². The minimum Gasteiger partial charge on any atom is -0.320 e. The molecular weight excluding hydrogens is 263 g/mol. The van der Waals surface area contributed by atoms with Gasteiger partial charge >= 0.3 is 0 Å². The summed E-state index contributed by atoms with van der Waals surface area (Å²) in [5, 5.41) is 0. The number of nitrogens with two attached hydrogens (primary N) is 1. The first-order valence-electron chi connectivity index (χ1n) is 8.32. The van der Waals surface area contributed by atoms with Gasteiger partial charge in [-0.05, 0) is 32.0 Å². The van der Waals surface area contributed by atoms with E-state index >= 15 is 0 Å². The van der Waals surface area contributed by atoms with Crippen LogP contribution in [0.15, 0.2) is 24.3 Å². The predicted molar refractivity (Wildman–Crippen MR) is 88.8 cm³/mol. The van der Waals surface area contributed by atoms with Crippen molar-refractivity contribution >= 4 is 0 Å². The largest absolute Gasteiger partial charge is 0.320 e. The van der Waals surface area contributed by atoms with Crippen LogP contribution < -0.4 is 5.73 Å². The maximum absolute atomic E-state index is 14.4. The molecule has 0 radical (unpaired) electrons. The standard InChI is InChI=1S/C18H31FN2/c1-5-9-14-18(20,15-12-10-11-13-16(15)19)17(6-2)21(7-3)8-4/h10-13,17H,5-9,14,20H2,1-4H3. The van der Waals surface area contributed by atoms with Gasteiger partial charge in [-0.25, -0.2) is 4.39 Å². The lowest BCUT2D eigenvalue weighted by Gasteiger charge is -2.44. The van der Waals surface area contributed by atoms with Crippen LogP contribution in [-0.4, -0.2) is 24.0 Å². The molecule has 1 rings (SSSR count). The molecule has 3 heteroatoms. The maximum Gasteiger partial charge on any atom is 0.128 e. The molecule has 2 N–H and O–H groups in total. The van der Waals surface area contributed by atoms with E-state index in [0.717, 1.165) is 38.8 Å². The molecule has 0 saturated heterocycles. The molecule has 120 valence electrons. The normalized spacial score (nSPS) is 16.0. The van der Waals surface area contributed by atoms with Crippen LogP contribution in [0.25, 0.3) is 0 Å². The van der Waals surface area contributed by atoms with Gasteiger partial charge in [0.05, 0.1) is 5.54 Å². The quantitative estimate of drug-likeness (QED) is 0.736. The summed E-state index contributed by atoms with van der Waals surface area (Å²) in [4.78, 5) is 2.36. The summed E-state index contributed by atoms with van der Waals surface area (Å²) < 4.78 is 14.4. The SMILES string of the molecule is CCCCC(N)(c1ccccc1F)C(CC)N(CC)CC. The van der Waals surface area contributed by atoms with E-state index in [4.69, 9.17) is 5.73 Å². The highest BCUT2D eigenvalue weighted by Crippen LogP contribution is 2.34. The van der Waals surface area contributed by atoms with Crippen LogP contribution in [0.2, 0.25) is 0 Å². The van der Waals surface area contributed by atoms with Crippen LogP contribution in [0.4, 0.5) is 4.39 Å². The van der Waals surface area contributed by atoms with Crippen LogP contribution in [0, 0.1) is 5.82 Å². The van der Waals surface area contributed by atoms with Crippen molar-refractivity contribution < 1.29 is 4.39 Å². The average molecular weight is 294 g/mol. The molecule has 0 saturated carbocycles. The lowest BCUT2D eigenvalue weighted by Crippen LogP contribution is -2.56. The summed E-state index contributed by atoms with van der Waals surface area (Å²) in [6, 6.07) is 7.17. The van der Waals surface area contributed by atoms with Gasteiger partial charge in [-0.2, -0.15) is 0 Å². The summed E-state index contributed by atoms with van der Waals surface area (Å²) in [6.45, 7) is 10.5. The molecule has 0 aliphatic rings. The highest BCUT2D eigenvalue weighted by Gasteiger charge is 2.39. The number of benzene rings is 1. The van der Waals surface area contributed by atoms with Gasteiger partial charge in [-0.15, -0.1) is 0 Å². The van der Waals surface area contributed by atoms with Crippen LogP contribution in [-0.2, 0) is 5.54 Å². The predicted octanol–water partition coefficient (Wildman–Crippen LogP) is 4.29. The lowest BCUT2D eigenvalue weighted by atomic mass is 9.77. The Balaban J connectivity index is 3.27. The zero-order valence-electron chi connectivity index (χ0n) is 14.0. The third-order valence-electron chi connectivity index (χ3n) is 4.55. The maximum atomic E-state index is 14.4. The van der Waals surface area contributed by atoms with Crippen molar-refractivity contribution in [2.45, 2.75) is 65.0 Å². The number of hydrogen-bond donors (Lipinski definition) is 1. The number of halogens is 1. The Kier molecular flexibility index (Phi) is 7.33. The molecule has 0 spiro atoms. The molecule has 1 aromatic rings. The minimum absolute atomic E-state index is 0.163. The highest BCUT2D eigenvalue weighted by molar-refractivity contribution is 5.28. The highest BCUT2D eigenvalue weighted by atomic mass is 19.1. The van der Waals surface area contributed by atoms with Gasteiger partial charge in [-0.3, -0.25) is 4.90 Å². The minimum atomic E-state index is -0.623. The third kappa shape index (κ3) is 4.04. The molecular formula is C18H31FN2. The van der Waals surface area contributed by atoms with E-state index in [1.165, 1.54) is 6.07 Å². The summed E-state index contributed by atoms with van der Waals surface area (Å²) >= 11 is 0. The van der Waals surface area contributed by atoms with Crippen molar-refractivity contribution in [1.82, 2.24) is 4.90 Å². The molecule has 0 aliphatic carbocycles. The van der Waals surface area contributed by atoms with Gasteiger partial charge in [0.1, 0.15) is 5.82 Å². The molecule has 2 unspecified atom stereocenters. The van der Waals surface area contributed by atoms with Gasteiger partial charge in [0.15, 0.2) is 0 Å². The summed E-state index contributed by atoms with van der Waals surface area (Å²) in [7, 11) is 0. The van der Waals surface area contributed by atoms with E-state index in [9.17, 15) is 4.39 Å². The first-order chi connectivity index (χ1) is 10.0.